The molecule has 0 atom stereocenters. The molecule has 0 saturated carbocycles. The van der Waals surface area contributed by atoms with E-state index in [4.69, 9.17) is 4.74 Å². The van der Waals surface area contributed by atoms with Gasteiger partial charge in [-0.2, -0.15) is 0 Å². The highest BCUT2D eigenvalue weighted by atomic mass is 32.1. The highest BCUT2D eigenvalue weighted by molar-refractivity contribution is 7.09. The van der Waals surface area contributed by atoms with Gasteiger partial charge in [0.2, 0.25) is 0 Å². The lowest BCUT2D eigenvalue weighted by Crippen LogP contribution is -2.37. The van der Waals surface area contributed by atoms with Crippen LogP contribution in [0.3, 0.4) is 0 Å². The van der Waals surface area contributed by atoms with Gasteiger partial charge in [0.05, 0.1) is 18.8 Å². The Kier molecular flexibility index (Phi) is 6.49. The summed E-state index contributed by atoms with van der Waals surface area (Å²) in [4.78, 5) is 23.5. The Hall–Kier alpha value is -2.77. The van der Waals surface area contributed by atoms with E-state index in [1.54, 1.807) is 23.6 Å². The highest BCUT2D eigenvalue weighted by Gasteiger charge is 2.21. The van der Waals surface area contributed by atoms with Crippen molar-refractivity contribution in [2.75, 3.05) is 13.1 Å². The number of benzene rings is 1. The molecular weight excluding hydrogens is 384 g/mol. The standard InChI is InChI=1S/C22H24N4O2S/c27-22(25-15-18-5-1-2-9-23-18)17-4-3-6-20(14-17)28-19-7-11-26(12-8-19)16-21-24-10-13-29-21/h1-6,9-10,13-14,19H,7-8,11-12,15-16H2,(H,25,27). The molecule has 1 fully saturated rings. The number of hydrogen-bond donors (Lipinski definition) is 1. The summed E-state index contributed by atoms with van der Waals surface area (Å²) in [7, 11) is 0. The maximum absolute atomic E-state index is 12.5. The largest absolute Gasteiger partial charge is 0.490 e. The van der Waals surface area contributed by atoms with Crippen molar-refractivity contribution in [3.05, 3.63) is 76.5 Å². The normalized spacial score (nSPS) is 15.2. The molecule has 4 rings (SSSR count). The van der Waals surface area contributed by atoms with Gasteiger partial charge in [-0.15, -0.1) is 11.3 Å². The molecule has 3 heterocycles. The average molecular weight is 409 g/mol. The fraction of sp³-hybridized carbons (Fsp3) is 0.318. The van der Waals surface area contributed by atoms with Crippen LogP contribution in [0.2, 0.25) is 0 Å². The molecule has 1 saturated heterocycles. The predicted octanol–water partition coefficient (Wildman–Crippen LogP) is 3.51. The molecule has 7 heteroatoms. The molecule has 1 aliphatic heterocycles. The first-order valence-corrected chi connectivity index (χ1v) is 10.7. The van der Waals surface area contributed by atoms with Crippen molar-refractivity contribution in [2.45, 2.75) is 32.0 Å². The second-order valence-corrected chi connectivity index (χ2v) is 8.03. The van der Waals surface area contributed by atoms with E-state index >= 15 is 0 Å². The zero-order chi connectivity index (χ0) is 19.9. The van der Waals surface area contributed by atoms with Crippen LogP contribution < -0.4 is 10.1 Å². The molecule has 1 amide bonds. The van der Waals surface area contributed by atoms with Crippen LogP contribution in [0.25, 0.3) is 0 Å². The first kappa shape index (κ1) is 19.5. The van der Waals surface area contributed by atoms with Crippen molar-refractivity contribution in [1.82, 2.24) is 20.2 Å². The number of pyridine rings is 1. The number of rotatable bonds is 7. The van der Waals surface area contributed by atoms with E-state index in [0.717, 1.165) is 48.9 Å². The number of thiazole rings is 1. The van der Waals surface area contributed by atoms with Crippen molar-refractivity contribution in [2.24, 2.45) is 0 Å². The Morgan fingerprint density at radius 2 is 2.03 bits per heavy atom. The van der Waals surface area contributed by atoms with Gasteiger partial charge in [0.1, 0.15) is 16.9 Å². The van der Waals surface area contributed by atoms with Gasteiger partial charge in [-0.1, -0.05) is 12.1 Å². The van der Waals surface area contributed by atoms with Crippen molar-refractivity contribution in [1.29, 1.82) is 0 Å². The fourth-order valence-corrected chi connectivity index (χ4v) is 4.04. The first-order valence-electron chi connectivity index (χ1n) is 9.82. The SMILES string of the molecule is O=C(NCc1ccccn1)c1cccc(OC2CCN(Cc3nccs3)CC2)c1. The Labute approximate surface area is 174 Å². The number of nitrogens with one attached hydrogen (secondary N) is 1. The van der Waals surface area contributed by atoms with Crippen LogP contribution in [0.5, 0.6) is 5.75 Å². The van der Waals surface area contributed by atoms with Gasteiger partial charge in [0.15, 0.2) is 0 Å². The molecule has 29 heavy (non-hydrogen) atoms. The van der Waals surface area contributed by atoms with Crippen LogP contribution in [0, 0.1) is 0 Å². The summed E-state index contributed by atoms with van der Waals surface area (Å²) in [5, 5.41) is 6.08. The van der Waals surface area contributed by atoms with Crippen molar-refractivity contribution in [3.63, 3.8) is 0 Å². The second-order valence-electron chi connectivity index (χ2n) is 7.05. The highest BCUT2D eigenvalue weighted by Crippen LogP contribution is 2.21. The van der Waals surface area contributed by atoms with E-state index in [1.165, 1.54) is 0 Å². The van der Waals surface area contributed by atoms with Gasteiger partial charge in [0, 0.05) is 36.4 Å². The van der Waals surface area contributed by atoms with Gasteiger partial charge in [0.25, 0.3) is 5.91 Å². The van der Waals surface area contributed by atoms with E-state index in [-0.39, 0.29) is 12.0 Å². The smallest absolute Gasteiger partial charge is 0.251 e. The molecule has 1 aromatic carbocycles. The number of carbonyl (C=O) groups excluding carboxylic acids is 1. The van der Waals surface area contributed by atoms with Crippen molar-refractivity contribution in [3.8, 4) is 5.75 Å². The molecule has 150 valence electrons. The van der Waals surface area contributed by atoms with Gasteiger partial charge < -0.3 is 10.1 Å². The van der Waals surface area contributed by atoms with Crippen LogP contribution >= 0.6 is 11.3 Å². The maximum Gasteiger partial charge on any atom is 0.251 e. The molecule has 1 N–H and O–H groups in total. The van der Waals surface area contributed by atoms with Gasteiger partial charge in [-0.05, 0) is 43.2 Å². The van der Waals surface area contributed by atoms with E-state index in [9.17, 15) is 4.79 Å². The Balaban J connectivity index is 1.27. The minimum Gasteiger partial charge on any atom is -0.490 e. The minimum atomic E-state index is -0.126. The summed E-state index contributed by atoms with van der Waals surface area (Å²) in [6.07, 6.45) is 5.70. The van der Waals surface area contributed by atoms with E-state index in [1.807, 2.05) is 48.0 Å². The molecule has 2 aromatic heterocycles. The molecular formula is C22H24N4O2S. The van der Waals surface area contributed by atoms with Crippen molar-refractivity contribution < 1.29 is 9.53 Å². The van der Waals surface area contributed by atoms with Crippen molar-refractivity contribution >= 4 is 17.2 Å². The predicted molar refractivity (Wildman–Crippen MR) is 113 cm³/mol. The van der Waals surface area contributed by atoms with E-state index in [2.05, 4.69) is 20.2 Å². The molecule has 0 radical (unpaired) electrons. The lowest BCUT2D eigenvalue weighted by atomic mass is 10.1. The topological polar surface area (TPSA) is 67.3 Å². The summed E-state index contributed by atoms with van der Waals surface area (Å²) < 4.78 is 6.16. The lowest BCUT2D eigenvalue weighted by Gasteiger charge is -2.31. The number of likely N-dealkylation sites (tertiary alicyclic amines) is 1. The summed E-state index contributed by atoms with van der Waals surface area (Å²) in [5.41, 5.74) is 1.43. The number of hydrogen-bond acceptors (Lipinski definition) is 6. The number of nitrogens with zero attached hydrogens (tertiary/aromatic N) is 3. The van der Waals surface area contributed by atoms with Crippen LogP contribution in [-0.4, -0.2) is 40.0 Å². The summed E-state index contributed by atoms with van der Waals surface area (Å²) in [5.74, 6) is 0.619. The van der Waals surface area contributed by atoms with E-state index < -0.39 is 0 Å². The molecule has 0 unspecified atom stereocenters. The van der Waals surface area contributed by atoms with Crippen LogP contribution in [-0.2, 0) is 13.1 Å². The monoisotopic (exact) mass is 408 g/mol. The zero-order valence-electron chi connectivity index (χ0n) is 16.2. The molecule has 0 spiro atoms. The number of carbonyl (C=O) groups is 1. The molecule has 0 bridgehead atoms. The van der Waals surface area contributed by atoms with Crippen LogP contribution in [0.15, 0.2) is 60.2 Å². The third kappa shape index (κ3) is 5.62. The quantitative estimate of drug-likeness (QED) is 0.648. The third-order valence-electron chi connectivity index (χ3n) is 4.93. The summed E-state index contributed by atoms with van der Waals surface area (Å²) in [6, 6.07) is 13.1. The van der Waals surface area contributed by atoms with E-state index in [0.29, 0.717) is 12.1 Å². The summed E-state index contributed by atoms with van der Waals surface area (Å²) in [6.45, 7) is 3.31. The minimum absolute atomic E-state index is 0.126. The Morgan fingerprint density at radius 3 is 2.79 bits per heavy atom. The molecule has 1 aliphatic rings. The van der Waals surface area contributed by atoms with Crippen LogP contribution in [0.1, 0.15) is 33.9 Å². The molecule has 3 aromatic rings. The lowest BCUT2D eigenvalue weighted by molar-refractivity contribution is 0.0934. The third-order valence-corrected chi connectivity index (χ3v) is 5.70. The summed E-state index contributed by atoms with van der Waals surface area (Å²) >= 11 is 1.70. The maximum atomic E-state index is 12.5. The Morgan fingerprint density at radius 1 is 1.14 bits per heavy atom. The van der Waals surface area contributed by atoms with Gasteiger partial charge in [-0.3, -0.25) is 14.7 Å². The average Bonchev–Trinajstić information content (AvgIpc) is 3.27. The number of ether oxygens (including phenoxy) is 1. The second kappa shape index (κ2) is 9.62. The zero-order valence-corrected chi connectivity index (χ0v) is 17.0. The fourth-order valence-electron chi connectivity index (χ4n) is 3.39. The van der Waals surface area contributed by atoms with Gasteiger partial charge >= 0.3 is 0 Å². The van der Waals surface area contributed by atoms with Crippen LogP contribution in [0.4, 0.5) is 0 Å². The number of aromatic nitrogens is 2. The van der Waals surface area contributed by atoms with Gasteiger partial charge in [-0.25, -0.2) is 4.98 Å². The first-order chi connectivity index (χ1) is 14.3. The molecule has 0 aliphatic carbocycles. The Bertz CT molecular complexity index is 910. The number of amides is 1. The number of piperidine rings is 1. The molecule has 6 nitrogen and oxygen atoms in total.